The fourth-order valence-electron chi connectivity index (χ4n) is 4.84. The smallest absolute Gasteiger partial charge is 0.337 e. The van der Waals surface area contributed by atoms with Crippen LogP contribution in [0.5, 0.6) is 0 Å². The van der Waals surface area contributed by atoms with Crippen LogP contribution in [-0.4, -0.2) is 62.0 Å². The van der Waals surface area contributed by atoms with Crippen molar-refractivity contribution >= 4 is 67.7 Å². The van der Waals surface area contributed by atoms with Crippen molar-refractivity contribution in [3.63, 3.8) is 0 Å². The maximum Gasteiger partial charge on any atom is 0.337 e. The largest absolute Gasteiger partial charge is 0.465 e. The number of hydrogen-bond acceptors (Lipinski definition) is 8. The summed E-state index contributed by atoms with van der Waals surface area (Å²) >= 11 is 1.52. The molecule has 1 aliphatic rings. The lowest BCUT2D eigenvalue weighted by Crippen LogP contribution is -2.31. The average Bonchev–Trinajstić information content (AvgIpc) is 3.56. The van der Waals surface area contributed by atoms with Gasteiger partial charge in [0.1, 0.15) is 0 Å². The molecule has 0 fully saturated rings. The highest BCUT2D eigenvalue weighted by Gasteiger charge is 2.29. The number of carbonyl (C=O) groups excluding carboxylic acids is 3. The quantitative estimate of drug-likeness (QED) is 0.208. The number of ether oxygens (including phenoxy) is 1. The predicted molar refractivity (Wildman–Crippen MR) is 164 cm³/mol. The number of fused-ring (bicyclic) bond motifs is 2. The zero-order valence-electron chi connectivity index (χ0n) is 23.4. The minimum atomic E-state index is -0.477. The Labute approximate surface area is 242 Å². The van der Waals surface area contributed by atoms with Crippen LogP contribution in [0.2, 0.25) is 0 Å². The Kier molecular flexibility index (Phi) is 8.14. The maximum absolute atomic E-state index is 13.4. The van der Waals surface area contributed by atoms with Gasteiger partial charge in [-0.3, -0.25) is 9.59 Å². The van der Waals surface area contributed by atoms with Gasteiger partial charge in [-0.2, -0.15) is 0 Å². The summed E-state index contributed by atoms with van der Waals surface area (Å²) in [5, 5.41) is 6.37. The molecule has 3 aromatic carbocycles. The normalized spacial score (nSPS) is 13.6. The van der Waals surface area contributed by atoms with Gasteiger partial charge in [0.25, 0.3) is 5.91 Å². The van der Waals surface area contributed by atoms with E-state index in [2.05, 4.69) is 20.5 Å². The van der Waals surface area contributed by atoms with Crippen molar-refractivity contribution in [3.8, 4) is 0 Å². The molecule has 0 spiro atoms. The number of anilines is 3. The zero-order valence-corrected chi connectivity index (χ0v) is 24.2. The number of carbonyl (C=O) groups is 3. The monoisotopic (exact) mass is 569 g/mol. The molecule has 2 heterocycles. The van der Waals surface area contributed by atoms with Crippen LogP contribution < -0.4 is 15.5 Å². The summed E-state index contributed by atoms with van der Waals surface area (Å²) in [6.07, 6.45) is 0.856. The predicted octanol–water partition coefficient (Wildman–Crippen LogP) is 5.32. The number of thiazole rings is 1. The summed E-state index contributed by atoms with van der Waals surface area (Å²) in [5.41, 5.74) is 7.68. The molecule has 1 aliphatic heterocycles. The van der Waals surface area contributed by atoms with Gasteiger partial charge in [0.2, 0.25) is 5.91 Å². The number of nitrogens with one attached hydrogen (secondary N) is 2. The van der Waals surface area contributed by atoms with Gasteiger partial charge in [-0.1, -0.05) is 12.1 Å². The molecule has 0 unspecified atom stereocenters. The van der Waals surface area contributed by atoms with Crippen molar-refractivity contribution in [3.05, 3.63) is 82.9 Å². The van der Waals surface area contributed by atoms with E-state index in [-0.39, 0.29) is 11.8 Å². The van der Waals surface area contributed by atoms with Crippen LogP contribution in [0.4, 0.5) is 17.1 Å². The van der Waals surface area contributed by atoms with Crippen molar-refractivity contribution in [2.75, 3.05) is 49.8 Å². The number of aromatic nitrogens is 1. The number of rotatable bonds is 9. The van der Waals surface area contributed by atoms with Crippen LogP contribution in [0.1, 0.15) is 34.8 Å². The number of hydrogen-bond donors (Lipinski definition) is 2. The third kappa shape index (κ3) is 5.98. The van der Waals surface area contributed by atoms with Crippen LogP contribution in [0.15, 0.2) is 66.2 Å². The minimum absolute atomic E-state index is 0.0179. The van der Waals surface area contributed by atoms with E-state index in [1.54, 1.807) is 35.5 Å². The second kappa shape index (κ2) is 11.9. The maximum atomic E-state index is 13.4. The summed E-state index contributed by atoms with van der Waals surface area (Å²) in [5.74, 6) is -0.778. The van der Waals surface area contributed by atoms with E-state index in [0.29, 0.717) is 34.6 Å². The van der Waals surface area contributed by atoms with Gasteiger partial charge in [-0.25, -0.2) is 9.78 Å². The van der Waals surface area contributed by atoms with E-state index >= 15 is 0 Å². The molecule has 1 aromatic heterocycles. The van der Waals surface area contributed by atoms with Gasteiger partial charge < -0.3 is 25.2 Å². The van der Waals surface area contributed by atoms with Crippen molar-refractivity contribution in [1.29, 1.82) is 0 Å². The number of methoxy groups -OCH3 is 1. The van der Waals surface area contributed by atoms with Gasteiger partial charge in [-0.05, 0) is 75.6 Å². The first-order valence-electron chi connectivity index (χ1n) is 13.2. The highest BCUT2D eigenvalue weighted by Crippen LogP contribution is 2.39. The highest BCUT2D eigenvalue weighted by molar-refractivity contribution is 7.16. The van der Waals surface area contributed by atoms with Gasteiger partial charge >= 0.3 is 5.97 Å². The lowest BCUT2D eigenvalue weighted by atomic mass is 9.99. The first kappa shape index (κ1) is 28.0. The third-order valence-electron chi connectivity index (χ3n) is 6.87. The molecule has 210 valence electrons. The molecule has 10 heteroatoms. The van der Waals surface area contributed by atoms with Crippen molar-refractivity contribution in [2.45, 2.75) is 13.3 Å². The SMILES string of the molecule is COC(=O)c1ccc2c(c1)NC(=O)/C2=C(\Nc1ccc(N(CCCN(C)C)C(C)=O)cc1)c1ccc2ncsc2c1. The van der Waals surface area contributed by atoms with Crippen LogP contribution in [0, 0.1) is 0 Å². The summed E-state index contributed by atoms with van der Waals surface area (Å²) < 4.78 is 5.84. The molecule has 2 N–H and O–H groups in total. The molecule has 2 amide bonds. The van der Waals surface area contributed by atoms with E-state index in [0.717, 1.165) is 40.1 Å². The number of nitrogens with zero attached hydrogens (tertiary/aromatic N) is 3. The molecule has 0 saturated carbocycles. The molecule has 0 saturated heterocycles. The van der Waals surface area contributed by atoms with Crippen molar-refractivity contribution in [2.24, 2.45) is 0 Å². The van der Waals surface area contributed by atoms with E-state index in [4.69, 9.17) is 4.74 Å². The standard InChI is InChI=1S/C31H31N5O4S/c1-19(37)36(15-5-14-35(2)3)23-10-8-22(9-11-23)33-29(20-7-13-25-27(17-20)41-18-32-25)28-24-12-6-21(31(39)40-4)16-26(24)34-30(28)38/h6-13,16-18,33H,5,14-15H2,1-4H3,(H,34,38)/b29-28-. The average molecular weight is 570 g/mol. The second-order valence-electron chi connectivity index (χ2n) is 9.99. The van der Waals surface area contributed by atoms with Crippen molar-refractivity contribution < 1.29 is 19.1 Å². The summed E-state index contributed by atoms with van der Waals surface area (Å²) in [7, 11) is 5.35. The minimum Gasteiger partial charge on any atom is -0.465 e. The lowest BCUT2D eigenvalue weighted by Gasteiger charge is -2.23. The van der Waals surface area contributed by atoms with Gasteiger partial charge in [-0.15, -0.1) is 11.3 Å². The molecule has 0 radical (unpaired) electrons. The topological polar surface area (TPSA) is 104 Å². The molecule has 4 aromatic rings. The van der Waals surface area contributed by atoms with E-state index in [1.165, 1.54) is 18.4 Å². The van der Waals surface area contributed by atoms with Gasteiger partial charge in [0, 0.05) is 36.0 Å². The van der Waals surface area contributed by atoms with Gasteiger partial charge in [0.15, 0.2) is 0 Å². The zero-order chi connectivity index (χ0) is 29.1. The lowest BCUT2D eigenvalue weighted by molar-refractivity contribution is -0.116. The fourth-order valence-corrected chi connectivity index (χ4v) is 5.55. The van der Waals surface area contributed by atoms with Crippen molar-refractivity contribution in [1.82, 2.24) is 9.88 Å². The molecule has 9 nitrogen and oxygen atoms in total. The number of esters is 1. The third-order valence-corrected chi connectivity index (χ3v) is 7.66. The molecule has 5 rings (SSSR count). The second-order valence-corrected chi connectivity index (χ2v) is 10.9. The summed E-state index contributed by atoms with van der Waals surface area (Å²) in [6, 6.07) is 18.5. The molecule has 0 atom stereocenters. The summed E-state index contributed by atoms with van der Waals surface area (Å²) in [4.78, 5) is 46.1. The fraction of sp³-hybridized carbons (Fsp3) is 0.226. The Bertz CT molecular complexity index is 1660. The number of amides is 2. The molecule has 0 bridgehead atoms. The molecular formula is C31H31N5O4S. The van der Waals surface area contributed by atoms with E-state index in [1.807, 2.05) is 56.6 Å². The Morgan fingerprint density at radius 2 is 1.76 bits per heavy atom. The highest BCUT2D eigenvalue weighted by atomic mass is 32.1. The van der Waals surface area contributed by atoms with Crippen LogP contribution in [-0.2, 0) is 14.3 Å². The first-order chi connectivity index (χ1) is 19.7. The number of benzene rings is 3. The van der Waals surface area contributed by atoms with E-state index in [9.17, 15) is 14.4 Å². The van der Waals surface area contributed by atoms with E-state index < -0.39 is 5.97 Å². The van der Waals surface area contributed by atoms with Crippen LogP contribution in [0.3, 0.4) is 0 Å². The Hall–Kier alpha value is -4.54. The molecular weight excluding hydrogens is 538 g/mol. The molecule has 0 aliphatic carbocycles. The Morgan fingerprint density at radius 3 is 2.46 bits per heavy atom. The molecule has 41 heavy (non-hydrogen) atoms. The van der Waals surface area contributed by atoms with Crippen LogP contribution in [0.25, 0.3) is 21.5 Å². The van der Waals surface area contributed by atoms with Crippen LogP contribution >= 0.6 is 11.3 Å². The Balaban J connectivity index is 1.53. The first-order valence-corrected chi connectivity index (χ1v) is 14.0. The summed E-state index contributed by atoms with van der Waals surface area (Å²) in [6.45, 7) is 3.08. The Morgan fingerprint density at radius 1 is 1.00 bits per heavy atom. The van der Waals surface area contributed by atoms with Gasteiger partial charge in [0.05, 0.1) is 45.4 Å².